The Morgan fingerprint density at radius 2 is 2.50 bits per heavy atom. The van der Waals surface area contributed by atoms with Gasteiger partial charge in [0.2, 0.25) is 0 Å². The van der Waals surface area contributed by atoms with Crippen molar-refractivity contribution < 1.29 is 9.53 Å². The molecule has 0 aromatic carbocycles. The zero-order valence-electron chi connectivity index (χ0n) is 10.1. The Morgan fingerprint density at radius 3 is 3.12 bits per heavy atom. The van der Waals surface area contributed by atoms with Crippen molar-refractivity contribution in [2.24, 2.45) is 0 Å². The lowest BCUT2D eigenvalue weighted by Crippen LogP contribution is -2.56. The van der Waals surface area contributed by atoms with E-state index in [0.29, 0.717) is 6.54 Å². The second kappa shape index (κ2) is 6.50. The summed E-state index contributed by atoms with van der Waals surface area (Å²) in [6, 6.07) is -0.156. The lowest BCUT2D eigenvalue weighted by atomic mass is 10.2. The number of carbonyl (C=O) groups is 1. The Morgan fingerprint density at radius 1 is 1.75 bits per heavy atom. The summed E-state index contributed by atoms with van der Waals surface area (Å²) in [5.74, 6) is -0.159. The molecule has 5 heteroatoms. The molecule has 0 saturated carbocycles. The fourth-order valence-corrected chi connectivity index (χ4v) is 1.76. The molecule has 16 heavy (non-hydrogen) atoms. The molecule has 1 N–H and O–H groups in total. The van der Waals surface area contributed by atoms with Crippen molar-refractivity contribution in [1.82, 2.24) is 15.1 Å². The monoisotopic (exact) mass is 227 g/mol. The average Bonchev–Trinajstić information content (AvgIpc) is 2.35. The van der Waals surface area contributed by atoms with E-state index in [9.17, 15) is 4.79 Å². The maximum Gasteiger partial charge on any atom is 0.324 e. The molecule has 1 unspecified atom stereocenters. The highest BCUT2D eigenvalue weighted by atomic mass is 16.5. The first-order chi connectivity index (χ1) is 7.69. The Kier molecular flexibility index (Phi) is 5.28. The molecule has 0 aromatic heterocycles. The van der Waals surface area contributed by atoms with Gasteiger partial charge in [-0.2, -0.15) is 0 Å². The maximum absolute atomic E-state index is 11.6. The third kappa shape index (κ3) is 3.50. The summed E-state index contributed by atoms with van der Waals surface area (Å²) in [5.41, 5.74) is 0. The van der Waals surface area contributed by atoms with E-state index in [1.807, 2.05) is 11.9 Å². The van der Waals surface area contributed by atoms with Crippen LogP contribution in [0.3, 0.4) is 0 Å². The minimum atomic E-state index is -0.159. The topological polar surface area (TPSA) is 44.8 Å². The predicted molar refractivity (Wildman–Crippen MR) is 63.1 cm³/mol. The summed E-state index contributed by atoms with van der Waals surface area (Å²) in [4.78, 5) is 15.7. The van der Waals surface area contributed by atoms with Crippen molar-refractivity contribution >= 4 is 5.97 Å². The highest BCUT2D eigenvalue weighted by molar-refractivity contribution is 5.76. The summed E-state index contributed by atoms with van der Waals surface area (Å²) < 4.78 is 4.80. The molecule has 1 saturated heterocycles. The van der Waals surface area contributed by atoms with Gasteiger partial charge in [0.05, 0.1) is 7.11 Å². The Balaban J connectivity index is 2.46. The lowest BCUT2D eigenvalue weighted by molar-refractivity contribution is -0.147. The van der Waals surface area contributed by atoms with Crippen LogP contribution in [-0.2, 0) is 9.53 Å². The van der Waals surface area contributed by atoms with Gasteiger partial charge in [-0.15, -0.1) is 0 Å². The molecule has 5 nitrogen and oxygen atoms in total. The van der Waals surface area contributed by atoms with Gasteiger partial charge in [-0.1, -0.05) is 6.58 Å². The van der Waals surface area contributed by atoms with Crippen LogP contribution in [0.1, 0.15) is 0 Å². The van der Waals surface area contributed by atoms with Crippen LogP contribution in [0.2, 0.25) is 0 Å². The van der Waals surface area contributed by atoms with Gasteiger partial charge in [0.1, 0.15) is 6.04 Å². The van der Waals surface area contributed by atoms with Crippen LogP contribution in [0.5, 0.6) is 0 Å². The highest BCUT2D eigenvalue weighted by Crippen LogP contribution is 2.05. The van der Waals surface area contributed by atoms with Gasteiger partial charge in [-0.3, -0.25) is 9.69 Å². The van der Waals surface area contributed by atoms with Crippen LogP contribution in [0.4, 0.5) is 0 Å². The number of piperazine rings is 1. The van der Waals surface area contributed by atoms with E-state index >= 15 is 0 Å². The van der Waals surface area contributed by atoms with Crippen molar-refractivity contribution in [3.63, 3.8) is 0 Å². The molecule has 1 fully saturated rings. The fraction of sp³-hybridized carbons (Fsp3) is 0.727. The van der Waals surface area contributed by atoms with Crippen molar-refractivity contribution in [3.05, 3.63) is 12.8 Å². The van der Waals surface area contributed by atoms with Crippen LogP contribution < -0.4 is 5.32 Å². The van der Waals surface area contributed by atoms with Gasteiger partial charge in [0, 0.05) is 39.8 Å². The van der Waals surface area contributed by atoms with E-state index in [1.165, 1.54) is 7.11 Å². The van der Waals surface area contributed by atoms with Crippen molar-refractivity contribution in [2.75, 3.05) is 46.9 Å². The number of carbonyl (C=O) groups excluding carboxylic acids is 1. The fourth-order valence-electron chi connectivity index (χ4n) is 1.76. The molecule has 0 bridgehead atoms. The number of rotatable bonds is 5. The number of esters is 1. The second-order valence-electron chi connectivity index (χ2n) is 3.94. The molecular formula is C11H21N3O2. The van der Waals surface area contributed by atoms with Crippen LogP contribution in [-0.4, -0.2) is 68.7 Å². The molecule has 1 aliphatic rings. The Labute approximate surface area is 97.0 Å². The van der Waals surface area contributed by atoms with Gasteiger partial charge in [0.25, 0.3) is 0 Å². The van der Waals surface area contributed by atoms with Gasteiger partial charge in [-0.05, 0) is 6.20 Å². The first kappa shape index (κ1) is 13.0. The normalized spacial score (nSPS) is 21.5. The number of methoxy groups -OCH3 is 1. The third-order valence-electron chi connectivity index (χ3n) is 2.88. The number of nitrogens with one attached hydrogen (secondary N) is 1. The molecular weight excluding hydrogens is 206 g/mol. The van der Waals surface area contributed by atoms with Crippen molar-refractivity contribution in [2.45, 2.75) is 6.04 Å². The maximum atomic E-state index is 11.6. The molecule has 1 aliphatic heterocycles. The van der Waals surface area contributed by atoms with Gasteiger partial charge in [0.15, 0.2) is 0 Å². The smallest absolute Gasteiger partial charge is 0.324 e. The molecule has 1 heterocycles. The summed E-state index contributed by atoms with van der Waals surface area (Å²) in [7, 11) is 3.41. The van der Waals surface area contributed by atoms with Crippen LogP contribution in [0, 0.1) is 0 Å². The predicted octanol–water partition coefficient (Wildman–Crippen LogP) is -0.491. The Bertz CT molecular complexity index is 245. The number of nitrogens with zero attached hydrogens (tertiary/aromatic N) is 2. The summed E-state index contributed by atoms with van der Waals surface area (Å²) >= 11 is 0. The molecule has 92 valence electrons. The first-order valence-corrected chi connectivity index (χ1v) is 5.54. The van der Waals surface area contributed by atoms with Crippen LogP contribution in [0.15, 0.2) is 12.8 Å². The summed E-state index contributed by atoms with van der Waals surface area (Å²) in [5, 5.41) is 3.21. The minimum Gasteiger partial charge on any atom is -0.468 e. The van der Waals surface area contributed by atoms with E-state index in [0.717, 1.165) is 26.2 Å². The average molecular weight is 227 g/mol. The number of likely N-dealkylation sites (N-methyl/N-ethyl adjacent to an activating group) is 1. The van der Waals surface area contributed by atoms with Gasteiger partial charge >= 0.3 is 5.97 Å². The second-order valence-corrected chi connectivity index (χ2v) is 3.94. The van der Waals surface area contributed by atoms with E-state index < -0.39 is 0 Å². The SMILES string of the molecule is C=CN(C)CCN1CCNCC1C(=O)OC. The van der Waals surface area contributed by atoms with Gasteiger partial charge in [-0.25, -0.2) is 0 Å². The standard InChI is InChI=1S/C11H21N3O2/c1-4-13(2)7-8-14-6-5-12-9-10(14)11(15)16-3/h4,10,12H,1,5-9H2,2-3H3. The quantitative estimate of drug-likeness (QED) is 0.642. The van der Waals surface area contributed by atoms with Crippen LogP contribution >= 0.6 is 0 Å². The molecule has 0 aliphatic carbocycles. The van der Waals surface area contributed by atoms with E-state index in [4.69, 9.17) is 4.74 Å². The largest absolute Gasteiger partial charge is 0.468 e. The molecule has 0 radical (unpaired) electrons. The zero-order valence-corrected chi connectivity index (χ0v) is 10.1. The summed E-state index contributed by atoms with van der Waals surface area (Å²) in [6.07, 6.45) is 1.79. The number of ether oxygens (including phenoxy) is 1. The van der Waals surface area contributed by atoms with Gasteiger partial charge < -0.3 is 15.0 Å². The molecule has 1 rings (SSSR count). The molecule has 0 aromatic rings. The van der Waals surface area contributed by atoms with E-state index in [1.54, 1.807) is 6.20 Å². The van der Waals surface area contributed by atoms with E-state index in [-0.39, 0.29) is 12.0 Å². The Hall–Kier alpha value is -1.07. The van der Waals surface area contributed by atoms with Crippen molar-refractivity contribution in [1.29, 1.82) is 0 Å². The van der Waals surface area contributed by atoms with E-state index in [2.05, 4.69) is 16.8 Å². The number of hydrogen-bond acceptors (Lipinski definition) is 5. The molecule has 1 atom stereocenters. The molecule has 0 spiro atoms. The summed E-state index contributed by atoms with van der Waals surface area (Å²) in [6.45, 7) is 7.89. The molecule has 0 amide bonds. The van der Waals surface area contributed by atoms with Crippen molar-refractivity contribution in [3.8, 4) is 0 Å². The minimum absolute atomic E-state index is 0.156. The number of hydrogen-bond donors (Lipinski definition) is 1. The first-order valence-electron chi connectivity index (χ1n) is 5.54. The zero-order chi connectivity index (χ0) is 12.0. The third-order valence-corrected chi connectivity index (χ3v) is 2.88. The highest BCUT2D eigenvalue weighted by Gasteiger charge is 2.28. The lowest BCUT2D eigenvalue weighted by Gasteiger charge is -2.34. The van der Waals surface area contributed by atoms with Crippen LogP contribution in [0.25, 0.3) is 0 Å².